The summed E-state index contributed by atoms with van der Waals surface area (Å²) >= 11 is 14.3. The second kappa shape index (κ2) is 37.5. The number of ether oxygens (including phenoxy) is 7. The van der Waals surface area contributed by atoms with E-state index in [0.29, 0.717) is 5.56 Å². The van der Waals surface area contributed by atoms with Gasteiger partial charge in [0.25, 0.3) is 11.8 Å². The number of hydrogen-bond donors (Lipinski definition) is 21. The van der Waals surface area contributed by atoms with Crippen LogP contribution in [-0.4, -0.2) is 203 Å². The number of nitrogens with two attached hydrogens (primary N) is 1. The molecule has 7 heterocycles. The van der Waals surface area contributed by atoms with Gasteiger partial charge >= 0.3 is 6.36 Å². The number of halogens is 5. The molecule has 16 unspecified atom stereocenters. The number of carbonyl (C=O) groups excluding carboxylic acids is 9. The van der Waals surface area contributed by atoms with Crippen LogP contribution in [0.4, 0.5) is 18.9 Å². The number of aromatic hydroxyl groups is 3. The van der Waals surface area contributed by atoms with Crippen molar-refractivity contribution in [2.75, 3.05) is 19.0 Å². The summed E-state index contributed by atoms with van der Waals surface area (Å²) in [7, 11) is 1.46. The zero-order valence-electron chi connectivity index (χ0n) is 65.5. The third kappa shape index (κ3) is 20.5. The van der Waals surface area contributed by atoms with Crippen LogP contribution in [0.5, 0.6) is 51.7 Å². The number of phenols is 3. The molecular formula is C81H86Cl2F3N11O26. The lowest BCUT2D eigenvalue weighted by molar-refractivity contribution is -0.334. The smallest absolute Gasteiger partial charge is 0.508 e. The summed E-state index contributed by atoms with van der Waals surface area (Å²) in [6.45, 7) is 5.60. The highest BCUT2D eigenvalue weighted by Crippen LogP contribution is 2.50. The van der Waals surface area contributed by atoms with Gasteiger partial charge in [-0.3, -0.25) is 48.4 Å². The third-order valence-corrected chi connectivity index (χ3v) is 21.7. The molecule has 22 N–H and O–H groups in total. The molecule has 7 aromatic carbocycles. The highest BCUT2D eigenvalue weighted by Gasteiger charge is 2.52. The highest BCUT2D eigenvalue weighted by atomic mass is 35.5. The average Bonchev–Trinajstić information content (AvgIpc) is 0.751. The molecule has 7 aromatic rings. The summed E-state index contributed by atoms with van der Waals surface area (Å²) in [5, 5.41) is 139. The predicted octanol–water partition coefficient (Wildman–Crippen LogP) is 3.51. The molecule has 0 spiro atoms. The van der Waals surface area contributed by atoms with E-state index in [1.165, 1.54) is 25.5 Å². The number of aliphatic hydroxyl groups excluding tert-OH is 6. The monoisotopic (exact) mass is 1760 g/mol. The van der Waals surface area contributed by atoms with Crippen LogP contribution >= 0.6 is 23.2 Å². The summed E-state index contributed by atoms with van der Waals surface area (Å²) < 4.78 is 81.9. The number of fused-ring (bicyclic) bond motifs is 15. The largest absolute Gasteiger partial charge is 0.573 e. The molecular weight excluding hydrogens is 1670 g/mol. The Morgan fingerprint density at radius 3 is 1.95 bits per heavy atom. The molecule has 0 aromatic heterocycles. The molecule has 656 valence electrons. The highest BCUT2D eigenvalue weighted by molar-refractivity contribution is 6.32. The molecule has 123 heavy (non-hydrogen) atoms. The van der Waals surface area contributed by atoms with E-state index in [1.807, 2.05) is 0 Å². The fourth-order valence-electron chi connectivity index (χ4n) is 14.8. The molecule has 11 bridgehead atoms. The van der Waals surface area contributed by atoms with Crippen LogP contribution in [0.2, 0.25) is 10.0 Å². The van der Waals surface area contributed by atoms with Crippen molar-refractivity contribution < 1.29 is 141 Å². The van der Waals surface area contributed by atoms with Crippen molar-refractivity contribution in [1.82, 2.24) is 48.0 Å². The van der Waals surface area contributed by atoms with Crippen LogP contribution in [0.25, 0.3) is 11.1 Å². The van der Waals surface area contributed by atoms with Crippen molar-refractivity contribution >= 4 is 82.1 Å². The number of alkyl halides is 3. The van der Waals surface area contributed by atoms with Gasteiger partial charge in [-0.05, 0) is 158 Å². The van der Waals surface area contributed by atoms with Gasteiger partial charge in [-0.2, -0.15) is 0 Å². The maximum Gasteiger partial charge on any atom is 0.573 e. The summed E-state index contributed by atoms with van der Waals surface area (Å²) in [5.74, 6) is -17.4. The Balaban J connectivity index is 1.01. The van der Waals surface area contributed by atoms with E-state index in [4.69, 9.17) is 57.4 Å². The van der Waals surface area contributed by atoms with Crippen molar-refractivity contribution in [3.05, 3.63) is 176 Å². The van der Waals surface area contributed by atoms with Gasteiger partial charge in [0.15, 0.2) is 23.9 Å². The van der Waals surface area contributed by atoms with Crippen molar-refractivity contribution in [1.29, 1.82) is 0 Å². The number of nitrogens with one attached hydrogen (secondary N) is 10. The maximum absolute atomic E-state index is 16.3. The van der Waals surface area contributed by atoms with Crippen LogP contribution in [0.3, 0.4) is 0 Å². The van der Waals surface area contributed by atoms with E-state index in [-0.39, 0.29) is 53.2 Å². The number of hydrogen-bond acceptors (Lipinski definition) is 28. The molecule has 37 nitrogen and oxygen atoms in total. The van der Waals surface area contributed by atoms with Gasteiger partial charge in [0.1, 0.15) is 101 Å². The Hall–Kier alpha value is -11.7. The van der Waals surface area contributed by atoms with E-state index in [0.717, 1.165) is 97.1 Å². The topological polar surface area (TPSA) is 567 Å². The minimum atomic E-state index is -4.97. The van der Waals surface area contributed by atoms with E-state index in [9.17, 15) is 88.3 Å². The van der Waals surface area contributed by atoms with Gasteiger partial charge in [-0.15, -0.1) is 13.2 Å². The molecule has 0 aliphatic carbocycles. The van der Waals surface area contributed by atoms with Crippen molar-refractivity contribution in [2.24, 2.45) is 11.7 Å². The Labute approximate surface area is 706 Å². The van der Waals surface area contributed by atoms with Crippen LogP contribution in [-0.2, 0) is 59.1 Å². The quantitative estimate of drug-likeness (QED) is 0.0407. The first-order valence-corrected chi connectivity index (χ1v) is 38.9. The van der Waals surface area contributed by atoms with Crippen molar-refractivity contribution in [2.45, 2.75) is 169 Å². The number of aliphatic hydroxyl groups is 6. The second-order valence-corrected chi connectivity index (χ2v) is 31.2. The van der Waals surface area contributed by atoms with Gasteiger partial charge in [0.2, 0.25) is 53.4 Å². The van der Waals surface area contributed by atoms with Crippen LogP contribution in [0.1, 0.15) is 121 Å². The molecule has 7 aliphatic rings. The number of likely N-dealkylation sites (N-methyl/N-ethyl adjacent to an activating group) is 1. The molecule has 2 fully saturated rings. The molecule has 42 heteroatoms. The Bertz CT molecular complexity index is 5220. The number of hydroxylamine groups is 1. The molecule has 7 aliphatic heterocycles. The Morgan fingerprint density at radius 1 is 0.699 bits per heavy atom. The standard InChI is InChI=1S/C81H86Cl2F3N11O26/c1-32(2)19-47(88-5)72(109)95-62-64(103)37-12-17-51(45(82)22-37)118-53-24-39-25-54(68(53)122-79-69(67(106)66(105)55(31-98)120-79)121-57-29-80(4,70(107)33(3)117-57)89-30-34-7-6-8-40(20-34)90-71(108)35-9-14-42(15-10-35)123-81(84,85)86)119-52-18-13-38(23-46(52)83)65(104)63-77(114)94-61(78(115)97-116)44-26-41(99)27-50(101)58(44)43-21-36(11-16-49(43)100)59(74(111)96-63)93-75(112)60(39)92-73(110)48(28-56(87)102)91-76(62)113/h6-18,20-27,32-33,47-48,55,57,59-67,69-70,79,88-89,98-101,103-107,116H,19,28-31H2,1-5H3,(H2,87,102)(H,90,108)(H,91,113)(H,92,110)(H,93,112)(H,94,114)(H,95,109)(H,96,111)(H,97,115)/t33?,47?,48?,55?,57?,59?,60?,61-,62?,63?,64?,65?,66?,67?,69?,70?,79?,80-/m1/s1. The summed E-state index contributed by atoms with van der Waals surface area (Å²) in [6.07, 6.45) is -24.7. The Kier molecular flexibility index (Phi) is 27.6. The zero-order chi connectivity index (χ0) is 89.1. The van der Waals surface area contributed by atoms with Gasteiger partial charge in [0, 0.05) is 46.9 Å². The molecule has 2 saturated heterocycles. The summed E-state index contributed by atoms with van der Waals surface area (Å²) in [6, 6.07) is 9.42. The third-order valence-electron chi connectivity index (χ3n) is 21.1. The molecule has 0 saturated carbocycles. The fraction of sp³-hybridized carbons (Fsp3) is 0.370. The first kappa shape index (κ1) is 90.5. The minimum absolute atomic E-state index is 0.0123. The number of benzene rings is 7. The molecule has 0 radical (unpaired) electrons. The lowest BCUT2D eigenvalue weighted by atomic mass is 9.84. The molecule has 14 rings (SSSR count). The molecule has 9 amide bonds. The lowest BCUT2D eigenvalue weighted by Crippen LogP contribution is -2.65. The first-order chi connectivity index (χ1) is 58.2. The summed E-state index contributed by atoms with van der Waals surface area (Å²) in [4.78, 5) is 132. The number of anilines is 1. The predicted molar refractivity (Wildman–Crippen MR) is 422 cm³/mol. The summed E-state index contributed by atoms with van der Waals surface area (Å²) in [5.41, 5.74) is 3.49. The number of primary amides is 1. The van der Waals surface area contributed by atoms with E-state index >= 15 is 19.2 Å². The van der Waals surface area contributed by atoms with Gasteiger partial charge in [-0.25, -0.2) is 5.48 Å². The van der Waals surface area contributed by atoms with Crippen LogP contribution in [0.15, 0.2) is 127 Å². The van der Waals surface area contributed by atoms with E-state index in [1.54, 1.807) is 45.0 Å². The van der Waals surface area contributed by atoms with Gasteiger partial charge in [-0.1, -0.05) is 67.4 Å². The molecule has 18 atom stereocenters. The normalized spacial score (nSPS) is 26.3. The van der Waals surface area contributed by atoms with E-state index < -0.39 is 266 Å². The number of rotatable bonds is 19. The number of phenolic OH excluding ortho intramolecular Hbond substituents is 3. The van der Waals surface area contributed by atoms with Crippen molar-refractivity contribution in [3.63, 3.8) is 0 Å². The fourth-order valence-corrected chi connectivity index (χ4v) is 15.2. The minimum Gasteiger partial charge on any atom is -0.508 e. The lowest BCUT2D eigenvalue weighted by Gasteiger charge is -2.48. The zero-order valence-corrected chi connectivity index (χ0v) is 67.0. The van der Waals surface area contributed by atoms with Gasteiger partial charge < -0.3 is 133 Å². The van der Waals surface area contributed by atoms with Crippen molar-refractivity contribution in [3.8, 4) is 62.9 Å². The number of amides is 9. The van der Waals surface area contributed by atoms with E-state index in [2.05, 4.69) is 52.6 Å². The second-order valence-electron chi connectivity index (χ2n) is 30.3. The van der Waals surface area contributed by atoms with Crippen LogP contribution in [0, 0.1) is 5.92 Å². The maximum atomic E-state index is 16.3. The average molecular weight is 1760 g/mol. The number of carbonyl (C=O) groups is 9. The Morgan fingerprint density at radius 2 is 1.33 bits per heavy atom. The van der Waals surface area contributed by atoms with Gasteiger partial charge in [0.05, 0.1) is 41.3 Å². The first-order valence-electron chi connectivity index (χ1n) is 38.1. The van der Waals surface area contributed by atoms with Crippen LogP contribution < -0.4 is 78.0 Å². The SMILES string of the molecule is CNC(CC(C)C)C(=O)NC1C(=O)NC(CC(N)=O)C(=O)NC2C(=O)NC3C(=O)NC(C(=O)N[C@@H](C(=O)NO)c4cc(O)cc(O)c4-c4cc3ccc4O)C(O)c3ccc(c(Cl)c3)Oc3cc2cc(c3OC2OC(CO)C(O)C(O)C2OC2C[C@@](C)(NCc3cccc(NC(=O)c4ccc(OC(F)(F)F)cc4)c3)C(O)C(C)O2)Oc2ccc(cc2Cl)C1O.